The van der Waals surface area contributed by atoms with E-state index in [2.05, 4.69) is 25.6 Å². The number of amides is 4. The third-order valence-electron chi connectivity index (χ3n) is 10.1. The van der Waals surface area contributed by atoms with E-state index in [1.807, 2.05) is 30.5 Å². The molecule has 3 aromatic carbocycles. The van der Waals surface area contributed by atoms with Crippen LogP contribution >= 0.6 is 0 Å². The molecule has 57 heavy (non-hydrogen) atoms. The zero-order valence-electron chi connectivity index (χ0n) is 31.7. The first kappa shape index (κ1) is 38.9. The van der Waals surface area contributed by atoms with Gasteiger partial charge in [0.25, 0.3) is 11.8 Å². The Labute approximate surface area is 326 Å². The number of anilines is 2. The average Bonchev–Trinajstić information content (AvgIpc) is 3.65. The van der Waals surface area contributed by atoms with Crippen LogP contribution in [0.25, 0.3) is 22.3 Å². The first-order chi connectivity index (χ1) is 27.4. The number of hydrogen-bond donors (Lipinski definition) is 2. The van der Waals surface area contributed by atoms with Crippen molar-refractivity contribution < 1.29 is 37.5 Å². The van der Waals surface area contributed by atoms with E-state index in [-0.39, 0.29) is 70.7 Å². The number of piperidine rings is 1. The van der Waals surface area contributed by atoms with Crippen molar-refractivity contribution in [2.75, 3.05) is 11.9 Å². The van der Waals surface area contributed by atoms with Crippen molar-refractivity contribution >= 4 is 52.1 Å². The molecular formula is C42H41F2N7O6. The van der Waals surface area contributed by atoms with Crippen molar-refractivity contribution in [3.63, 3.8) is 0 Å². The standard InChI is InChI=1S/C42H41F2N7O6/c1-23(2)50-24(3)46-38-30(43)20-26(21-33(38)50)37-31(44)22-45-42(49-37)47-27-14-12-25(13-15-27)19-28(52)9-6-4-5-7-18-57-34-11-8-10-29-36(34)41(56)51(40(29)55)32-16-17-35(53)48-39(32)54/h8,10-15,20-23,32H,4-7,9,16-19H2,1-3H3,(H,45,47,49)(H,48,53,54). The Balaban J connectivity index is 0.859. The zero-order chi connectivity index (χ0) is 40.4. The van der Waals surface area contributed by atoms with Gasteiger partial charge in [-0.2, -0.15) is 0 Å². The number of aromatic nitrogens is 4. The van der Waals surface area contributed by atoms with E-state index in [4.69, 9.17) is 4.74 Å². The van der Waals surface area contributed by atoms with Crippen molar-refractivity contribution in [2.45, 2.75) is 84.2 Å². The van der Waals surface area contributed by atoms with E-state index >= 15 is 4.39 Å². The number of Topliss-reactive ketones (excluding diaryl/α,β-unsaturated/α-hetero) is 1. The van der Waals surface area contributed by atoms with Gasteiger partial charge in [-0.3, -0.25) is 34.2 Å². The fraction of sp³-hybridized carbons (Fsp3) is 0.333. The van der Waals surface area contributed by atoms with E-state index in [9.17, 15) is 28.4 Å². The van der Waals surface area contributed by atoms with Gasteiger partial charge < -0.3 is 14.6 Å². The van der Waals surface area contributed by atoms with E-state index in [1.165, 1.54) is 12.1 Å². The minimum atomic E-state index is -1.05. The summed E-state index contributed by atoms with van der Waals surface area (Å²) in [4.78, 5) is 76.6. The van der Waals surface area contributed by atoms with Crippen LogP contribution in [0, 0.1) is 18.6 Å². The molecule has 15 heteroatoms. The molecule has 7 rings (SSSR count). The van der Waals surface area contributed by atoms with Crippen LogP contribution in [0.5, 0.6) is 5.75 Å². The van der Waals surface area contributed by atoms with Crippen LogP contribution in [-0.2, 0) is 20.8 Å². The number of halogens is 2. The first-order valence-corrected chi connectivity index (χ1v) is 19.0. The SMILES string of the molecule is Cc1nc2c(F)cc(-c3nc(Nc4ccc(CC(=O)CCCCCCOc5cccc6c5C(=O)N(C5CCC(=O)NC5=O)C6=O)cc4)ncc3F)cc2n1C(C)C. The lowest BCUT2D eigenvalue weighted by Gasteiger charge is -2.27. The van der Waals surface area contributed by atoms with Crippen LogP contribution in [0.2, 0.25) is 0 Å². The predicted molar refractivity (Wildman–Crippen MR) is 206 cm³/mol. The van der Waals surface area contributed by atoms with E-state index in [1.54, 1.807) is 37.3 Å². The molecule has 2 aromatic heterocycles. The number of ether oxygens (including phenoxy) is 1. The number of nitrogens with one attached hydrogen (secondary N) is 2. The predicted octanol–water partition coefficient (Wildman–Crippen LogP) is 6.95. The second-order valence-electron chi connectivity index (χ2n) is 14.5. The fourth-order valence-electron chi connectivity index (χ4n) is 7.40. The molecule has 4 heterocycles. The number of carbonyl (C=O) groups is 5. The van der Waals surface area contributed by atoms with Crippen molar-refractivity contribution in [3.8, 4) is 17.0 Å². The highest BCUT2D eigenvalue weighted by molar-refractivity contribution is 6.24. The molecule has 1 unspecified atom stereocenters. The highest BCUT2D eigenvalue weighted by Gasteiger charge is 2.46. The van der Waals surface area contributed by atoms with Crippen molar-refractivity contribution in [2.24, 2.45) is 0 Å². The first-order valence-electron chi connectivity index (χ1n) is 19.0. The number of nitrogens with zero attached hydrogens (tertiary/aromatic N) is 5. The monoisotopic (exact) mass is 777 g/mol. The molecule has 1 fully saturated rings. The second kappa shape index (κ2) is 16.4. The number of imide groups is 2. The summed E-state index contributed by atoms with van der Waals surface area (Å²) in [5.74, 6) is -2.42. The largest absolute Gasteiger partial charge is 0.493 e. The van der Waals surface area contributed by atoms with Crippen molar-refractivity contribution in [1.82, 2.24) is 29.7 Å². The van der Waals surface area contributed by atoms with E-state index in [0.29, 0.717) is 42.9 Å². The molecule has 2 aliphatic rings. The third-order valence-corrected chi connectivity index (χ3v) is 10.1. The lowest BCUT2D eigenvalue weighted by atomic mass is 10.0. The lowest BCUT2D eigenvalue weighted by Crippen LogP contribution is -2.54. The minimum absolute atomic E-state index is 0.0198. The Kier molecular flexibility index (Phi) is 11.2. The Morgan fingerprint density at radius 2 is 1.74 bits per heavy atom. The van der Waals surface area contributed by atoms with E-state index in [0.717, 1.165) is 29.5 Å². The van der Waals surface area contributed by atoms with E-state index < -0.39 is 41.3 Å². The van der Waals surface area contributed by atoms with Gasteiger partial charge in [0, 0.05) is 36.6 Å². The maximum absolute atomic E-state index is 15.1. The number of imidazole rings is 1. The number of benzene rings is 3. The molecule has 0 spiro atoms. The van der Waals surface area contributed by atoms with Gasteiger partial charge in [-0.1, -0.05) is 31.0 Å². The van der Waals surface area contributed by atoms with Crippen molar-refractivity contribution in [1.29, 1.82) is 0 Å². The molecule has 0 bridgehead atoms. The number of fused-ring (bicyclic) bond motifs is 2. The molecule has 4 amide bonds. The van der Waals surface area contributed by atoms with Gasteiger partial charge in [-0.15, -0.1) is 0 Å². The Hall–Kier alpha value is -6.38. The number of aryl methyl sites for hydroxylation is 1. The summed E-state index contributed by atoms with van der Waals surface area (Å²) < 4.78 is 37.8. The molecule has 294 valence electrons. The van der Waals surface area contributed by atoms with Crippen LogP contribution in [0.4, 0.5) is 20.4 Å². The van der Waals surface area contributed by atoms with Crippen LogP contribution < -0.4 is 15.4 Å². The van der Waals surface area contributed by atoms with Gasteiger partial charge in [0.05, 0.1) is 29.4 Å². The van der Waals surface area contributed by atoms with Gasteiger partial charge >= 0.3 is 0 Å². The molecule has 13 nitrogen and oxygen atoms in total. The normalized spacial score (nSPS) is 15.4. The molecule has 2 aliphatic heterocycles. The van der Waals surface area contributed by atoms with Crippen LogP contribution in [-0.4, -0.2) is 66.5 Å². The van der Waals surface area contributed by atoms with Crippen molar-refractivity contribution in [3.05, 3.63) is 94.9 Å². The molecule has 5 aromatic rings. The van der Waals surface area contributed by atoms with Crippen LogP contribution in [0.15, 0.2) is 60.8 Å². The second-order valence-corrected chi connectivity index (χ2v) is 14.5. The molecular weight excluding hydrogens is 737 g/mol. The van der Waals surface area contributed by atoms with Crippen LogP contribution in [0.1, 0.15) is 96.9 Å². The summed E-state index contributed by atoms with van der Waals surface area (Å²) in [5, 5.41) is 5.25. The van der Waals surface area contributed by atoms with Crippen LogP contribution in [0.3, 0.4) is 0 Å². The highest BCUT2D eigenvalue weighted by Crippen LogP contribution is 2.34. The summed E-state index contributed by atoms with van der Waals surface area (Å²) in [5.41, 5.74) is 2.73. The summed E-state index contributed by atoms with van der Waals surface area (Å²) in [7, 11) is 0. The number of carbonyl (C=O) groups excluding carboxylic acids is 5. The Morgan fingerprint density at radius 3 is 2.49 bits per heavy atom. The molecule has 1 saturated heterocycles. The summed E-state index contributed by atoms with van der Waals surface area (Å²) in [6.45, 7) is 6.03. The highest BCUT2D eigenvalue weighted by atomic mass is 19.1. The number of rotatable bonds is 15. The van der Waals surface area contributed by atoms with Gasteiger partial charge in [0.2, 0.25) is 17.8 Å². The maximum atomic E-state index is 15.1. The number of hydrogen-bond acceptors (Lipinski definition) is 10. The fourth-order valence-corrected chi connectivity index (χ4v) is 7.40. The molecule has 2 N–H and O–H groups in total. The molecule has 1 atom stereocenters. The van der Waals surface area contributed by atoms with Gasteiger partial charge in [0.1, 0.15) is 34.6 Å². The molecule has 0 aliphatic carbocycles. The molecule has 0 radical (unpaired) electrons. The maximum Gasteiger partial charge on any atom is 0.266 e. The lowest BCUT2D eigenvalue weighted by molar-refractivity contribution is -0.136. The van der Waals surface area contributed by atoms with Gasteiger partial charge in [-0.25, -0.2) is 23.7 Å². The summed E-state index contributed by atoms with van der Waals surface area (Å²) in [6, 6.07) is 13.8. The smallest absolute Gasteiger partial charge is 0.266 e. The summed E-state index contributed by atoms with van der Waals surface area (Å²) >= 11 is 0. The average molecular weight is 778 g/mol. The molecule has 0 saturated carbocycles. The number of ketones is 1. The third kappa shape index (κ3) is 8.13. The Bertz CT molecular complexity index is 2410. The Morgan fingerprint density at radius 1 is 0.965 bits per heavy atom. The minimum Gasteiger partial charge on any atom is -0.493 e. The van der Waals surface area contributed by atoms with Gasteiger partial charge in [0.15, 0.2) is 11.6 Å². The number of unbranched alkanes of at least 4 members (excludes halogenated alkanes) is 3. The zero-order valence-corrected chi connectivity index (χ0v) is 31.7. The van der Waals surface area contributed by atoms with Gasteiger partial charge in [-0.05, 0) is 82.0 Å². The quantitative estimate of drug-likeness (QED) is 0.0840. The topological polar surface area (TPSA) is 165 Å². The summed E-state index contributed by atoms with van der Waals surface area (Å²) in [6.07, 6.45) is 4.79.